The molecule has 1 aliphatic heterocycles. The highest BCUT2D eigenvalue weighted by Crippen LogP contribution is 2.23. The van der Waals surface area contributed by atoms with Gasteiger partial charge in [-0.1, -0.05) is 41.5 Å². The molecule has 3 unspecified atom stereocenters. The average Bonchev–Trinajstić information content (AvgIpc) is 2.29. The van der Waals surface area contributed by atoms with Crippen LogP contribution < -0.4 is 5.32 Å². The summed E-state index contributed by atoms with van der Waals surface area (Å²) in [5.41, 5.74) is 0. The van der Waals surface area contributed by atoms with Gasteiger partial charge in [0.25, 0.3) is 0 Å². The summed E-state index contributed by atoms with van der Waals surface area (Å²) in [6.45, 7) is 16.5. The van der Waals surface area contributed by atoms with Crippen molar-refractivity contribution in [2.75, 3.05) is 13.1 Å². The number of piperazine rings is 1. The van der Waals surface area contributed by atoms with Crippen molar-refractivity contribution in [3.63, 3.8) is 0 Å². The average molecular weight is 254 g/mol. The van der Waals surface area contributed by atoms with Crippen molar-refractivity contribution in [3.8, 4) is 0 Å². The Morgan fingerprint density at radius 2 is 1.83 bits per heavy atom. The van der Waals surface area contributed by atoms with E-state index in [9.17, 15) is 0 Å². The fourth-order valence-corrected chi connectivity index (χ4v) is 3.49. The van der Waals surface area contributed by atoms with Gasteiger partial charge >= 0.3 is 0 Å². The number of hydrogen-bond acceptors (Lipinski definition) is 2. The lowest BCUT2D eigenvalue weighted by Crippen LogP contribution is -2.60. The summed E-state index contributed by atoms with van der Waals surface area (Å²) in [7, 11) is 0. The van der Waals surface area contributed by atoms with Crippen LogP contribution in [0.25, 0.3) is 0 Å². The van der Waals surface area contributed by atoms with E-state index in [0.29, 0.717) is 6.04 Å². The first-order valence-electron chi connectivity index (χ1n) is 7.98. The van der Waals surface area contributed by atoms with Gasteiger partial charge in [-0.25, -0.2) is 0 Å². The number of hydrogen-bond donors (Lipinski definition) is 1. The Morgan fingerprint density at radius 3 is 2.28 bits per heavy atom. The van der Waals surface area contributed by atoms with Crippen LogP contribution >= 0.6 is 0 Å². The van der Waals surface area contributed by atoms with Gasteiger partial charge in [0, 0.05) is 31.2 Å². The molecule has 0 aromatic heterocycles. The Balaban J connectivity index is 2.69. The van der Waals surface area contributed by atoms with Crippen LogP contribution in [0.15, 0.2) is 0 Å². The van der Waals surface area contributed by atoms with Crippen LogP contribution in [-0.4, -0.2) is 36.1 Å². The Bertz CT molecular complexity index is 225. The second-order valence-electron chi connectivity index (χ2n) is 6.71. The van der Waals surface area contributed by atoms with Crippen molar-refractivity contribution in [3.05, 3.63) is 0 Å². The van der Waals surface area contributed by atoms with Crippen LogP contribution in [0.3, 0.4) is 0 Å². The van der Waals surface area contributed by atoms with Gasteiger partial charge in [0.1, 0.15) is 0 Å². The van der Waals surface area contributed by atoms with E-state index in [1.54, 1.807) is 0 Å². The zero-order valence-corrected chi connectivity index (χ0v) is 13.4. The predicted molar refractivity (Wildman–Crippen MR) is 80.9 cm³/mol. The molecule has 1 N–H and O–H groups in total. The van der Waals surface area contributed by atoms with E-state index in [0.717, 1.165) is 23.9 Å². The van der Waals surface area contributed by atoms with E-state index < -0.39 is 0 Å². The standard InChI is InChI=1S/C16H34N2/c1-7-15-10-17-14(9-12(3)4)11-18(15)16(8-2)13(5)6/h12-17H,7-11H2,1-6H3. The SMILES string of the molecule is CCC1CNC(CC(C)C)CN1C(CC)C(C)C. The summed E-state index contributed by atoms with van der Waals surface area (Å²) in [6, 6.07) is 2.19. The summed E-state index contributed by atoms with van der Waals surface area (Å²) in [5, 5.41) is 3.76. The monoisotopic (exact) mass is 254 g/mol. The predicted octanol–water partition coefficient (Wildman–Crippen LogP) is 3.52. The summed E-state index contributed by atoms with van der Waals surface area (Å²) in [5.74, 6) is 1.56. The van der Waals surface area contributed by atoms with Gasteiger partial charge in [-0.3, -0.25) is 4.90 Å². The van der Waals surface area contributed by atoms with E-state index in [1.807, 2.05) is 0 Å². The van der Waals surface area contributed by atoms with Gasteiger partial charge < -0.3 is 5.32 Å². The van der Waals surface area contributed by atoms with Gasteiger partial charge in [-0.05, 0) is 31.1 Å². The maximum atomic E-state index is 3.76. The highest BCUT2D eigenvalue weighted by Gasteiger charge is 2.32. The molecule has 0 aromatic rings. The highest BCUT2D eigenvalue weighted by atomic mass is 15.3. The van der Waals surface area contributed by atoms with Crippen LogP contribution in [0.5, 0.6) is 0 Å². The molecular formula is C16H34N2. The topological polar surface area (TPSA) is 15.3 Å². The van der Waals surface area contributed by atoms with Crippen molar-refractivity contribution in [2.45, 2.75) is 78.9 Å². The molecule has 1 heterocycles. The third kappa shape index (κ3) is 4.24. The molecule has 108 valence electrons. The lowest BCUT2D eigenvalue weighted by atomic mass is 9.92. The van der Waals surface area contributed by atoms with E-state index in [-0.39, 0.29) is 0 Å². The van der Waals surface area contributed by atoms with Gasteiger partial charge in [0.15, 0.2) is 0 Å². The first-order chi connectivity index (χ1) is 8.49. The molecule has 0 bridgehead atoms. The zero-order chi connectivity index (χ0) is 13.7. The van der Waals surface area contributed by atoms with Crippen LogP contribution in [0.2, 0.25) is 0 Å². The molecule has 1 fully saturated rings. The summed E-state index contributed by atoms with van der Waals surface area (Å²) >= 11 is 0. The maximum absolute atomic E-state index is 3.76. The molecule has 18 heavy (non-hydrogen) atoms. The smallest absolute Gasteiger partial charge is 0.0221 e. The summed E-state index contributed by atoms with van der Waals surface area (Å²) in [4.78, 5) is 2.80. The third-order valence-corrected chi connectivity index (χ3v) is 4.38. The van der Waals surface area contributed by atoms with E-state index in [4.69, 9.17) is 0 Å². The van der Waals surface area contributed by atoms with Crippen LogP contribution in [0.1, 0.15) is 60.8 Å². The molecule has 0 aromatic carbocycles. The van der Waals surface area contributed by atoms with Gasteiger partial charge in [-0.15, -0.1) is 0 Å². The minimum atomic E-state index is 0.695. The summed E-state index contributed by atoms with van der Waals surface area (Å²) in [6.07, 6.45) is 3.86. The maximum Gasteiger partial charge on any atom is 0.0221 e. The fraction of sp³-hybridized carbons (Fsp3) is 1.00. The minimum Gasteiger partial charge on any atom is -0.311 e. The molecule has 3 atom stereocenters. The van der Waals surface area contributed by atoms with Crippen molar-refractivity contribution in [2.24, 2.45) is 11.8 Å². The van der Waals surface area contributed by atoms with Gasteiger partial charge in [0.2, 0.25) is 0 Å². The lowest BCUT2D eigenvalue weighted by Gasteiger charge is -2.46. The molecule has 0 saturated carbocycles. The van der Waals surface area contributed by atoms with E-state index in [1.165, 1.54) is 32.4 Å². The number of nitrogens with zero attached hydrogens (tertiary/aromatic N) is 1. The Morgan fingerprint density at radius 1 is 1.17 bits per heavy atom. The molecule has 2 heteroatoms. The van der Waals surface area contributed by atoms with Crippen LogP contribution in [0.4, 0.5) is 0 Å². The third-order valence-electron chi connectivity index (χ3n) is 4.38. The first kappa shape index (κ1) is 16.0. The quantitative estimate of drug-likeness (QED) is 0.780. The molecule has 1 rings (SSSR count). The number of rotatable bonds is 6. The molecule has 0 spiro atoms. The minimum absolute atomic E-state index is 0.695. The van der Waals surface area contributed by atoms with Crippen LogP contribution in [0, 0.1) is 11.8 Å². The second kappa shape index (κ2) is 7.49. The Kier molecular flexibility index (Phi) is 6.65. The summed E-state index contributed by atoms with van der Waals surface area (Å²) < 4.78 is 0. The first-order valence-corrected chi connectivity index (χ1v) is 7.98. The van der Waals surface area contributed by atoms with Crippen LogP contribution in [-0.2, 0) is 0 Å². The Hall–Kier alpha value is -0.0800. The highest BCUT2D eigenvalue weighted by molar-refractivity contribution is 4.90. The van der Waals surface area contributed by atoms with Crippen molar-refractivity contribution >= 4 is 0 Å². The zero-order valence-electron chi connectivity index (χ0n) is 13.4. The molecule has 0 radical (unpaired) electrons. The van der Waals surface area contributed by atoms with Crippen molar-refractivity contribution < 1.29 is 0 Å². The molecule has 0 amide bonds. The lowest BCUT2D eigenvalue weighted by molar-refractivity contribution is 0.0498. The van der Waals surface area contributed by atoms with Crippen molar-refractivity contribution in [1.29, 1.82) is 0 Å². The second-order valence-corrected chi connectivity index (χ2v) is 6.71. The largest absolute Gasteiger partial charge is 0.311 e. The van der Waals surface area contributed by atoms with Crippen molar-refractivity contribution in [1.82, 2.24) is 10.2 Å². The van der Waals surface area contributed by atoms with E-state index >= 15 is 0 Å². The van der Waals surface area contributed by atoms with E-state index in [2.05, 4.69) is 51.8 Å². The molecular weight excluding hydrogens is 220 g/mol. The van der Waals surface area contributed by atoms with Gasteiger partial charge in [0.05, 0.1) is 0 Å². The molecule has 0 aliphatic carbocycles. The molecule has 1 aliphatic rings. The number of nitrogens with one attached hydrogen (secondary N) is 1. The Labute approximate surface area is 115 Å². The molecule has 2 nitrogen and oxygen atoms in total. The van der Waals surface area contributed by atoms with Gasteiger partial charge in [-0.2, -0.15) is 0 Å². The fourth-order valence-electron chi connectivity index (χ4n) is 3.49. The normalized spacial score (nSPS) is 28.0. The molecule has 1 saturated heterocycles.